The van der Waals surface area contributed by atoms with Gasteiger partial charge in [0.2, 0.25) is 0 Å². The van der Waals surface area contributed by atoms with Gasteiger partial charge in [0, 0.05) is 20.6 Å². The zero-order chi connectivity index (χ0) is 9.84. The zero-order valence-corrected chi connectivity index (χ0v) is 12.3. The molecule has 5 heteroatoms. The number of halogens is 1. The maximum Gasteiger partial charge on any atom is 0.161 e. The standard InChI is InChI=1S/C9H18N2OS.HI/c1-5-13-9-10-7(2)6-8(12-4)11(9)3;/h7-8H,5-6H2,1-4H3;1H. The largest absolute Gasteiger partial charge is 0.361 e. The Hall–Kier alpha value is 0.510. The first-order chi connectivity index (χ1) is 6.19. The Morgan fingerprint density at radius 1 is 1.64 bits per heavy atom. The molecule has 0 radical (unpaired) electrons. The summed E-state index contributed by atoms with van der Waals surface area (Å²) >= 11 is 1.78. The number of thioether (sulfide) groups is 1. The minimum atomic E-state index is 0. The van der Waals surface area contributed by atoms with E-state index >= 15 is 0 Å². The van der Waals surface area contributed by atoms with Crippen molar-refractivity contribution in [2.24, 2.45) is 4.99 Å². The number of amidine groups is 1. The Morgan fingerprint density at radius 3 is 2.79 bits per heavy atom. The van der Waals surface area contributed by atoms with Crippen molar-refractivity contribution >= 4 is 40.9 Å². The molecule has 1 aliphatic heterocycles. The summed E-state index contributed by atoms with van der Waals surface area (Å²) < 4.78 is 5.38. The second-order valence-electron chi connectivity index (χ2n) is 3.23. The molecule has 14 heavy (non-hydrogen) atoms. The Morgan fingerprint density at radius 2 is 2.29 bits per heavy atom. The normalized spacial score (nSPS) is 26.9. The minimum Gasteiger partial charge on any atom is -0.361 e. The van der Waals surface area contributed by atoms with Gasteiger partial charge in [0.25, 0.3) is 0 Å². The van der Waals surface area contributed by atoms with Crippen molar-refractivity contribution < 1.29 is 4.74 Å². The summed E-state index contributed by atoms with van der Waals surface area (Å²) in [7, 11) is 3.80. The predicted molar refractivity (Wildman–Crippen MR) is 73.6 cm³/mol. The van der Waals surface area contributed by atoms with E-state index in [0.29, 0.717) is 6.04 Å². The van der Waals surface area contributed by atoms with Crippen LogP contribution in [0.1, 0.15) is 20.3 Å². The van der Waals surface area contributed by atoms with Gasteiger partial charge in [0.05, 0.1) is 6.04 Å². The SMILES string of the molecule is CCSC1=NC(C)CC(OC)N1C.I. The van der Waals surface area contributed by atoms with Gasteiger partial charge >= 0.3 is 0 Å². The lowest BCUT2D eigenvalue weighted by atomic mass is 10.2. The first-order valence-corrected chi connectivity index (χ1v) is 5.63. The number of hydrogen-bond acceptors (Lipinski definition) is 4. The van der Waals surface area contributed by atoms with E-state index < -0.39 is 0 Å². The van der Waals surface area contributed by atoms with Crippen LogP contribution in [-0.4, -0.2) is 42.2 Å². The molecule has 0 aromatic rings. The van der Waals surface area contributed by atoms with Crippen molar-refractivity contribution in [1.29, 1.82) is 0 Å². The number of aliphatic imine (C=N–C) groups is 1. The fraction of sp³-hybridized carbons (Fsp3) is 0.889. The predicted octanol–water partition coefficient (Wildman–Crippen LogP) is 2.41. The summed E-state index contributed by atoms with van der Waals surface area (Å²) in [4.78, 5) is 6.70. The van der Waals surface area contributed by atoms with Crippen molar-refractivity contribution in [2.75, 3.05) is 19.9 Å². The highest BCUT2D eigenvalue weighted by Gasteiger charge is 2.25. The lowest BCUT2D eigenvalue weighted by Gasteiger charge is -2.34. The van der Waals surface area contributed by atoms with E-state index in [0.717, 1.165) is 17.3 Å². The summed E-state index contributed by atoms with van der Waals surface area (Å²) in [6.07, 6.45) is 1.18. The molecule has 2 unspecified atom stereocenters. The summed E-state index contributed by atoms with van der Waals surface area (Å²) in [5.74, 6) is 1.06. The van der Waals surface area contributed by atoms with E-state index in [1.54, 1.807) is 18.9 Å². The van der Waals surface area contributed by atoms with E-state index in [4.69, 9.17) is 4.74 Å². The number of hydrogen-bond donors (Lipinski definition) is 0. The molecule has 0 aliphatic carbocycles. The van der Waals surface area contributed by atoms with Crippen molar-refractivity contribution in [3.8, 4) is 0 Å². The maximum absolute atomic E-state index is 5.38. The molecule has 0 N–H and O–H groups in total. The molecule has 0 saturated heterocycles. The van der Waals surface area contributed by atoms with Crippen LogP contribution in [0.2, 0.25) is 0 Å². The molecule has 0 fully saturated rings. The van der Waals surface area contributed by atoms with E-state index in [2.05, 4.69) is 23.7 Å². The molecule has 1 aliphatic rings. The topological polar surface area (TPSA) is 24.8 Å². The minimum absolute atomic E-state index is 0. The zero-order valence-electron chi connectivity index (χ0n) is 9.19. The Bertz CT molecular complexity index is 201. The van der Waals surface area contributed by atoms with Gasteiger partial charge in [-0.25, -0.2) is 0 Å². The average molecular weight is 330 g/mol. The molecular weight excluding hydrogens is 311 g/mol. The van der Waals surface area contributed by atoms with Gasteiger partial charge in [0.1, 0.15) is 6.23 Å². The highest BCUT2D eigenvalue weighted by atomic mass is 127. The van der Waals surface area contributed by atoms with Crippen molar-refractivity contribution in [3.05, 3.63) is 0 Å². The molecule has 0 spiro atoms. The molecule has 0 amide bonds. The summed E-state index contributed by atoms with van der Waals surface area (Å²) in [5.41, 5.74) is 0. The van der Waals surface area contributed by atoms with Crippen LogP contribution in [0.4, 0.5) is 0 Å². The lowest BCUT2D eigenvalue weighted by molar-refractivity contribution is 0.00525. The van der Waals surface area contributed by atoms with Crippen LogP contribution >= 0.6 is 35.7 Å². The van der Waals surface area contributed by atoms with Crippen molar-refractivity contribution in [3.63, 3.8) is 0 Å². The van der Waals surface area contributed by atoms with Gasteiger partial charge in [-0.15, -0.1) is 24.0 Å². The Kier molecular flexibility index (Phi) is 7.15. The van der Waals surface area contributed by atoms with E-state index in [9.17, 15) is 0 Å². The maximum atomic E-state index is 5.38. The van der Waals surface area contributed by atoms with Gasteiger partial charge in [0.15, 0.2) is 5.17 Å². The van der Waals surface area contributed by atoms with Crippen molar-refractivity contribution in [1.82, 2.24) is 4.90 Å². The third kappa shape index (κ3) is 3.58. The van der Waals surface area contributed by atoms with Gasteiger partial charge in [-0.3, -0.25) is 4.99 Å². The monoisotopic (exact) mass is 330 g/mol. The van der Waals surface area contributed by atoms with E-state index in [1.165, 1.54) is 0 Å². The fourth-order valence-electron chi connectivity index (χ4n) is 1.43. The molecule has 1 heterocycles. The van der Waals surface area contributed by atoms with Crippen LogP contribution < -0.4 is 0 Å². The second-order valence-corrected chi connectivity index (χ2v) is 4.46. The van der Waals surface area contributed by atoms with Crippen LogP contribution in [0.15, 0.2) is 4.99 Å². The Balaban J connectivity index is 0.00000169. The molecule has 0 aromatic heterocycles. The highest BCUT2D eigenvalue weighted by molar-refractivity contribution is 14.0. The molecular formula is C9H19IN2OS. The third-order valence-corrected chi connectivity index (χ3v) is 3.09. The van der Waals surface area contributed by atoms with Gasteiger partial charge in [-0.1, -0.05) is 18.7 Å². The molecule has 2 atom stereocenters. The third-order valence-electron chi connectivity index (χ3n) is 2.15. The highest BCUT2D eigenvalue weighted by Crippen LogP contribution is 2.21. The first-order valence-electron chi connectivity index (χ1n) is 4.65. The molecule has 84 valence electrons. The van der Waals surface area contributed by atoms with Crippen molar-refractivity contribution in [2.45, 2.75) is 32.5 Å². The van der Waals surface area contributed by atoms with E-state index in [-0.39, 0.29) is 30.2 Å². The Labute approximate surface area is 108 Å². The van der Waals surface area contributed by atoms with Gasteiger partial charge in [-0.2, -0.15) is 0 Å². The molecule has 0 aromatic carbocycles. The van der Waals surface area contributed by atoms with Gasteiger partial charge in [-0.05, 0) is 12.7 Å². The fourth-order valence-corrected chi connectivity index (χ4v) is 2.26. The summed E-state index contributed by atoms with van der Waals surface area (Å²) in [5, 5.41) is 1.10. The van der Waals surface area contributed by atoms with Crippen LogP contribution in [0, 0.1) is 0 Å². The number of nitrogens with zero attached hydrogens (tertiary/aromatic N) is 2. The molecule has 3 nitrogen and oxygen atoms in total. The number of methoxy groups -OCH3 is 1. The first kappa shape index (κ1) is 14.5. The summed E-state index contributed by atoms with van der Waals surface area (Å²) in [6.45, 7) is 4.28. The lowest BCUT2D eigenvalue weighted by Crippen LogP contribution is -2.42. The average Bonchev–Trinajstić information content (AvgIpc) is 2.11. The summed E-state index contributed by atoms with van der Waals surface area (Å²) in [6, 6.07) is 0.384. The van der Waals surface area contributed by atoms with Crippen LogP contribution in [-0.2, 0) is 4.74 Å². The number of rotatable bonds is 2. The van der Waals surface area contributed by atoms with E-state index in [1.807, 2.05) is 7.05 Å². The molecule has 0 bridgehead atoms. The van der Waals surface area contributed by atoms with Crippen LogP contribution in [0.25, 0.3) is 0 Å². The molecule has 0 saturated carbocycles. The second kappa shape index (κ2) is 6.90. The van der Waals surface area contributed by atoms with Crippen LogP contribution in [0.3, 0.4) is 0 Å². The smallest absolute Gasteiger partial charge is 0.161 e. The van der Waals surface area contributed by atoms with Gasteiger partial charge < -0.3 is 9.64 Å². The van der Waals surface area contributed by atoms with Crippen LogP contribution in [0.5, 0.6) is 0 Å². The quantitative estimate of drug-likeness (QED) is 0.727. The number of ether oxygens (including phenoxy) is 1. The molecule has 1 rings (SSSR count).